The Labute approximate surface area is 108 Å². The molecule has 0 N–H and O–H groups in total. The first-order valence-electron chi connectivity index (χ1n) is 6.62. The summed E-state index contributed by atoms with van der Waals surface area (Å²) in [6.45, 7) is 0. The van der Waals surface area contributed by atoms with Crippen LogP contribution in [-0.2, 0) is 14.9 Å². The number of ether oxygens (including phenoxy) is 1. The average molecular weight is 242 g/mol. The zero-order valence-electron chi connectivity index (χ0n) is 10.7. The summed E-state index contributed by atoms with van der Waals surface area (Å²) in [4.78, 5) is 11.6. The van der Waals surface area contributed by atoms with E-state index in [9.17, 15) is 4.79 Å². The van der Waals surface area contributed by atoms with Gasteiger partial charge in [0, 0.05) is 5.41 Å². The second-order valence-electron chi connectivity index (χ2n) is 5.37. The molecular weight excluding hydrogens is 224 g/mol. The van der Waals surface area contributed by atoms with Crippen LogP contribution in [0.4, 0.5) is 0 Å². The van der Waals surface area contributed by atoms with Crippen molar-refractivity contribution in [2.45, 2.75) is 31.1 Å². The Morgan fingerprint density at radius 2 is 2.00 bits per heavy atom. The van der Waals surface area contributed by atoms with Crippen molar-refractivity contribution in [2.24, 2.45) is 5.92 Å². The van der Waals surface area contributed by atoms with Crippen molar-refractivity contribution in [1.29, 1.82) is 0 Å². The summed E-state index contributed by atoms with van der Waals surface area (Å²) in [6, 6.07) is 8.60. The van der Waals surface area contributed by atoms with E-state index < -0.39 is 0 Å². The first kappa shape index (κ1) is 11.5. The molecule has 0 aliphatic heterocycles. The van der Waals surface area contributed by atoms with Crippen LogP contribution < -0.4 is 0 Å². The second-order valence-corrected chi connectivity index (χ2v) is 5.37. The highest BCUT2D eigenvalue weighted by atomic mass is 16.5. The molecule has 0 amide bonds. The average Bonchev–Trinajstić information content (AvgIpc) is 2.78. The number of fused-ring (bicyclic) bond motifs is 2. The lowest BCUT2D eigenvalue weighted by Crippen LogP contribution is -2.32. The van der Waals surface area contributed by atoms with Crippen molar-refractivity contribution < 1.29 is 9.53 Å². The van der Waals surface area contributed by atoms with Gasteiger partial charge in [0.15, 0.2) is 0 Å². The molecule has 1 aromatic carbocycles. The maximum absolute atomic E-state index is 11.6. The van der Waals surface area contributed by atoms with Crippen LogP contribution in [0.25, 0.3) is 6.08 Å². The summed E-state index contributed by atoms with van der Waals surface area (Å²) in [7, 11) is 1.48. The maximum Gasteiger partial charge on any atom is 0.308 e. The molecule has 1 saturated carbocycles. The zero-order valence-corrected chi connectivity index (χ0v) is 10.7. The van der Waals surface area contributed by atoms with Crippen LogP contribution in [0.2, 0.25) is 0 Å². The minimum atomic E-state index is -0.0416. The summed E-state index contributed by atoms with van der Waals surface area (Å²) in [5.41, 5.74) is 2.96. The first-order valence-corrected chi connectivity index (χ1v) is 6.62. The van der Waals surface area contributed by atoms with Gasteiger partial charge in [0.25, 0.3) is 0 Å². The number of hydrogen-bond donors (Lipinski definition) is 0. The number of esters is 1. The molecule has 0 unspecified atom stereocenters. The number of allylic oxidation sites excluding steroid dienone is 1. The van der Waals surface area contributed by atoms with Crippen LogP contribution in [0, 0.1) is 5.92 Å². The number of carbonyl (C=O) groups is 1. The number of carbonyl (C=O) groups excluding carboxylic acids is 1. The third-order valence-electron chi connectivity index (χ3n) is 4.49. The van der Waals surface area contributed by atoms with Crippen molar-refractivity contribution >= 4 is 12.0 Å². The van der Waals surface area contributed by atoms with Gasteiger partial charge in [-0.3, -0.25) is 4.79 Å². The lowest BCUT2D eigenvalue weighted by molar-refractivity contribution is -0.146. The van der Waals surface area contributed by atoms with Crippen LogP contribution in [0.5, 0.6) is 0 Å². The minimum absolute atomic E-state index is 0.0416. The van der Waals surface area contributed by atoms with E-state index in [4.69, 9.17) is 4.74 Å². The van der Waals surface area contributed by atoms with Gasteiger partial charge in [-0.25, -0.2) is 0 Å². The van der Waals surface area contributed by atoms with Crippen molar-refractivity contribution in [2.75, 3.05) is 7.11 Å². The van der Waals surface area contributed by atoms with E-state index in [0.29, 0.717) is 0 Å². The van der Waals surface area contributed by atoms with Gasteiger partial charge < -0.3 is 4.74 Å². The fourth-order valence-corrected chi connectivity index (χ4v) is 3.41. The molecule has 0 saturated heterocycles. The quantitative estimate of drug-likeness (QED) is 0.706. The molecule has 2 aliphatic carbocycles. The van der Waals surface area contributed by atoms with E-state index in [1.165, 1.54) is 18.2 Å². The Hall–Kier alpha value is -1.57. The molecule has 0 heterocycles. The highest BCUT2D eigenvalue weighted by Crippen LogP contribution is 2.47. The molecule has 1 spiro atoms. The Bertz CT molecular complexity index is 494. The summed E-state index contributed by atoms with van der Waals surface area (Å²) >= 11 is 0. The molecule has 2 aliphatic rings. The largest absolute Gasteiger partial charge is 0.469 e. The van der Waals surface area contributed by atoms with E-state index in [2.05, 4.69) is 36.4 Å². The van der Waals surface area contributed by atoms with Crippen molar-refractivity contribution in [1.82, 2.24) is 0 Å². The van der Waals surface area contributed by atoms with Gasteiger partial charge in [-0.2, -0.15) is 0 Å². The number of hydrogen-bond acceptors (Lipinski definition) is 2. The monoisotopic (exact) mass is 242 g/mol. The molecule has 0 bridgehead atoms. The van der Waals surface area contributed by atoms with Crippen LogP contribution in [0.3, 0.4) is 0 Å². The highest BCUT2D eigenvalue weighted by molar-refractivity contribution is 5.73. The first-order chi connectivity index (χ1) is 8.75. The minimum Gasteiger partial charge on any atom is -0.469 e. The normalized spacial score (nSPS) is 29.3. The van der Waals surface area contributed by atoms with Crippen LogP contribution in [0.15, 0.2) is 30.3 Å². The van der Waals surface area contributed by atoms with Gasteiger partial charge in [0.05, 0.1) is 13.0 Å². The lowest BCUT2D eigenvalue weighted by atomic mass is 9.68. The van der Waals surface area contributed by atoms with Gasteiger partial charge in [-0.1, -0.05) is 36.4 Å². The Kier molecular flexibility index (Phi) is 2.73. The summed E-state index contributed by atoms with van der Waals surface area (Å²) in [5.74, 6) is 0.0573. The summed E-state index contributed by atoms with van der Waals surface area (Å²) in [5, 5.41) is 0. The maximum atomic E-state index is 11.6. The number of rotatable bonds is 1. The van der Waals surface area contributed by atoms with Gasteiger partial charge in [-0.05, 0) is 36.8 Å². The van der Waals surface area contributed by atoms with Gasteiger partial charge in [0.2, 0.25) is 0 Å². The molecule has 2 nitrogen and oxygen atoms in total. The second kappa shape index (κ2) is 4.27. The predicted octanol–water partition coefficient (Wildman–Crippen LogP) is 3.31. The summed E-state index contributed by atoms with van der Waals surface area (Å²) in [6.07, 6.45) is 8.55. The van der Waals surface area contributed by atoms with Crippen LogP contribution >= 0.6 is 0 Å². The van der Waals surface area contributed by atoms with Gasteiger partial charge in [0.1, 0.15) is 0 Å². The molecule has 0 aromatic heterocycles. The van der Waals surface area contributed by atoms with E-state index in [1.807, 2.05) is 0 Å². The summed E-state index contributed by atoms with van der Waals surface area (Å²) < 4.78 is 4.85. The fourth-order valence-electron chi connectivity index (χ4n) is 3.41. The standard InChI is InChI=1S/C16H18O2/c1-18-15(17)13-7-10-16(11-8-13)9-6-12-4-2-3-5-14(12)16/h2-6,9,13H,7-8,10-11H2,1H3. The van der Waals surface area contributed by atoms with E-state index in [0.717, 1.165) is 25.7 Å². The Morgan fingerprint density at radius 3 is 2.72 bits per heavy atom. The topological polar surface area (TPSA) is 26.3 Å². The third-order valence-corrected chi connectivity index (χ3v) is 4.49. The smallest absolute Gasteiger partial charge is 0.308 e. The van der Waals surface area contributed by atoms with Crippen LogP contribution in [-0.4, -0.2) is 13.1 Å². The van der Waals surface area contributed by atoms with E-state index >= 15 is 0 Å². The van der Waals surface area contributed by atoms with Crippen molar-refractivity contribution in [3.05, 3.63) is 41.5 Å². The molecule has 18 heavy (non-hydrogen) atoms. The van der Waals surface area contributed by atoms with Crippen molar-refractivity contribution in [3.8, 4) is 0 Å². The van der Waals surface area contributed by atoms with Crippen molar-refractivity contribution in [3.63, 3.8) is 0 Å². The Morgan fingerprint density at radius 1 is 1.28 bits per heavy atom. The molecule has 1 fully saturated rings. The molecule has 3 rings (SSSR count). The lowest BCUT2D eigenvalue weighted by Gasteiger charge is -2.36. The van der Waals surface area contributed by atoms with Crippen LogP contribution in [0.1, 0.15) is 36.8 Å². The molecule has 0 atom stereocenters. The van der Waals surface area contributed by atoms with E-state index in [-0.39, 0.29) is 17.3 Å². The predicted molar refractivity (Wildman–Crippen MR) is 71.1 cm³/mol. The Balaban J connectivity index is 1.81. The van der Waals surface area contributed by atoms with Gasteiger partial charge >= 0.3 is 5.97 Å². The molecule has 2 heteroatoms. The SMILES string of the molecule is COC(=O)C1CCC2(C=Cc3ccccc32)CC1. The molecule has 1 aromatic rings. The highest BCUT2D eigenvalue weighted by Gasteiger charge is 2.40. The zero-order chi connectivity index (χ0) is 12.6. The van der Waals surface area contributed by atoms with Gasteiger partial charge in [-0.15, -0.1) is 0 Å². The number of methoxy groups -OCH3 is 1. The molecular formula is C16H18O2. The molecule has 0 radical (unpaired) electrons. The van der Waals surface area contributed by atoms with E-state index in [1.54, 1.807) is 0 Å². The third kappa shape index (κ3) is 1.67. The number of benzene rings is 1. The molecule has 94 valence electrons. The fraction of sp³-hybridized carbons (Fsp3) is 0.438.